The minimum Gasteiger partial charge on any atom is -0.477 e. The van der Waals surface area contributed by atoms with Crippen molar-refractivity contribution >= 4 is 22.4 Å². The van der Waals surface area contributed by atoms with E-state index in [9.17, 15) is 13.2 Å². The number of rotatable bonds is 10. The lowest BCUT2D eigenvalue weighted by Gasteiger charge is -2.46. The summed E-state index contributed by atoms with van der Waals surface area (Å²) in [6, 6.07) is 9.70. The van der Waals surface area contributed by atoms with E-state index in [1.807, 2.05) is 22.5 Å². The topological polar surface area (TPSA) is 85.3 Å². The molecule has 1 aromatic carbocycles. The highest BCUT2D eigenvalue weighted by Gasteiger charge is 2.67. The molecule has 5 aliphatic rings. The van der Waals surface area contributed by atoms with Crippen LogP contribution in [0.2, 0.25) is 0 Å². The first kappa shape index (κ1) is 30.1. The van der Waals surface area contributed by atoms with Gasteiger partial charge in [0.2, 0.25) is 10.0 Å². The maximum atomic E-state index is 14.7. The van der Waals surface area contributed by atoms with E-state index in [0.29, 0.717) is 12.3 Å². The standard InChI is InChI=1S/C34H50N2O5S/c1-33(2)26-20-21-34(33,23-42(38,39)36(27-14-8-4-9-15-27)28-16-10-5-11-17-28)30(22-26)41-32(37)31-29(40-24-35-31)19-18-25-12-6-3-7-13-25/h3,6-7,12-13,24,26-31H,4-5,8-11,14-23H2,1-2H3/t26-,29+,30-,31-,34-/m1/s1. The van der Waals surface area contributed by atoms with Crippen LogP contribution >= 0.6 is 0 Å². The first-order valence-corrected chi connectivity index (χ1v) is 18.2. The summed E-state index contributed by atoms with van der Waals surface area (Å²) in [6.45, 7) is 4.44. The van der Waals surface area contributed by atoms with Crippen molar-refractivity contribution in [3.8, 4) is 0 Å². The Morgan fingerprint density at radius 3 is 2.24 bits per heavy atom. The molecule has 0 aromatic heterocycles. The summed E-state index contributed by atoms with van der Waals surface area (Å²) in [6.07, 6.45) is 15.3. The normalized spacial score (nSPS) is 33.2. The number of ether oxygens (including phenoxy) is 2. The van der Waals surface area contributed by atoms with Gasteiger partial charge in [0, 0.05) is 17.5 Å². The molecule has 4 saturated carbocycles. The van der Waals surface area contributed by atoms with Gasteiger partial charge in [-0.05, 0) is 74.7 Å². The molecule has 4 fully saturated rings. The van der Waals surface area contributed by atoms with Crippen molar-refractivity contribution in [2.75, 3.05) is 5.75 Å². The van der Waals surface area contributed by atoms with Gasteiger partial charge >= 0.3 is 5.97 Å². The van der Waals surface area contributed by atoms with Crippen molar-refractivity contribution in [2.45, 2.75) is 140 Å². The van der Waals surface area contributed by atoms with Crippen molar-refractivity contribution < 1.29 is 22.7 Å². The lowest BCUT2D eigenvalue weighted by atomic mass is 9.69. The second kappa shape index (κ2) is 12.2. The first-order chi connectivity index (χ1) is 20.2. The number of aliphatic imine (C=N–C) groups is 1. The number of aryl methyl sites for hydroxylation is 1. The molecule has 5 atom stereocenters. The van der Waals surface area contributed by atoms with Crippen LogP contribution in [0, 0.1) is 16.7 Å². The maximum absolute atomic E-state index is 14.7. The molecule has 232 valence electrons. The number of hydrogen-bond donors (Lipinski definition) is 0. The monoisotopic (exact) mass is 598 g/mol. The Morgan fingerprint density at radius 2 is 1.62 bits per heavy atom. The zero-order valence-electron chi connectivity index (χ0n) is 25.6. The maximum Gasteiger partial charge on any atom is 0.335 e. The fourth-order valence-corrected chi connectivity index (χ4v) is 12.1. The quantitative estimate of drug-likeness (QED) is 0.289. The highest BCUT2D eigenvalue weighted by molar-refractivity contribution is 7.89. The van der Waals surface area contributed by atoms with Crippen molar-refractivity contribution in [3.63, 3.8) is 0 Å². The van der Waals surface area contributed by atoms with Gasteiger partial charge in [0.05, 0.1) is 5.75 Å². The first-order valence-electron chi connectivity index (χ1n) is 16.6. The molecule has 0 radical (unpaired) electrons. The summed E-state index contributed by atoms with van der Waals surface area (Å²) in [5, 5.41) is 0. The second-order valence-corrected chi connectivity index (χ2v) is 16.2. The van der Waals surface area contributed by atoms with Crippen molar-refractivity contribution in [1.29, 1.82) is 0 Å². The van der Waals surface area contributed by atoms with E-state index in [4.69, 9.17) is 9.47 Å². The molecular weight excluding hydrogens is 548 g/mol. The SMILES string of the molecule is CC1(C)[C@@H]2CC[C@@]1(CS(=O)(=O)N(C1CCCCC1)C1CCCCC1)[C@H](OC(=O)[C@@H]1N=CO[C@H]1CCc1ccccc1)C2. The van der Waals surface area contributed by atoms with E-state index in [2.05, 4.69) is 31.0 Å². The highest BCUT2D eigenvalue weighted by Crippen LogP contribution is 2.67. The molecule has 2 bridgehead atoms. The molecule has 6 rings (SSSR count). The smallest absolute Gasteiger partial charge is 0.335 e. The van der Waals surface area contributed by atoms with E-state index in [0.717, 1.165) is 77.0 Å². The highest BCUT2D eigenvalue weighted by atomic mass is 32.2. The van der Waals surface area contributed by atoms with E-state index in [-0.39, 0.29) is 35.3 Å². The van der Waals surface area contributed by atoms with Crippen LogP contribution in [0.3, 0.4) is 0 Å². The molecule has 0 unspecified atom stereocenters. The summed E-state index contributed by atoms with van der Waals surface area (Å²) >= 11 is 0. The van der Waals surface area contributed by atoms with Crippen LogP contribution in [0.1, 0.15) is 109 Å². The fourth-order valence-electron chi connectivity index (χ4n) is 9.28. The molecule has 1 aliphatic heterocycles. The van der Waals surface area contributed by atoms with Gasteiger partial charge in [0.15, 0.2) is 12.4 Å². The Hall–Kier alpha value is -1.93. The molecule has 7 nitrogen and oxygen atoms in total. The zero-order valence-corrected chi connectivity index (χ0v) is 26.4. The molecular formula is C34H50N2O5S. The van der Waals surface area contributed by atoms with E-state index in [1.165, 1.54) is 24.8 Å². The van der Waals surface area contributed by atoms with Crippen molar-refractivity contribution in [3.05, 3.63) is 35.9 Å². The lowest BCUT2D eigenvalue weighted by Crippen LogP contribution is -2.55. The minimum absolute atomic E-state index is 0.0797. The Balaban J connectivity index is 1.20. The Kier molecular flexibility index (Phi) is 8.76. The van der Waals surface area contributed by atoms with Crippen LogP contribution in [-0.4, -0.2) is 61.2 Å². The van der Waals surface area contributed by atoms with Gasteiger partial charge in [-0.15, -0.1) is 0 Å². The summed E-state index contributed by atoms with van der Waals surface area (Å²) in [5.74, 6) is 0.0555. The number of sulfonamides is 1. The molecule has 4 aliphatic carbocycles. The summed E-state index contributed by atoms with van der Waals surface area (Å²) in [7, 11) is -3.57. The van der Waals surface area contributed by atoms with Crippen LogP contribution in [0.25, 0.3) is 0 Å². The van der Waals surface area contributed by atoms with Crippen molar-refractivity contribution in [1.82, 2.24) is 4.31 Å². The molecule has 0 N–H and O–H groups in total. The largest absolute Gasteiger partial charge is 0.477 e. The summed E-state index contributed by atoms with van der Waals surface area (Å²) in [5.41, 5.74) is 0.383. The molecule has 0 saturated heterocycles. The average Bonchev–Trinajstić information content (AvgIpc) is 3.61. The van der Waals surface area contributed by atoms with E-state index >= 15 is 0 Å². The molecule has 42 heavy (non-hydrogen) atoms. The van der Waals surface area contributed by atoms with Gasteiger partial charge in [-0.25, -0.2) is 18.2 Å². The third-order valence-corrected chi connectivity index (χ3v) is 14.0. The number of benzene rings is 1. The van der Waals surface area contributed by atoms with Gasteiger partial charge in [0.1, 0.15) is 12.2 Å². The zero-order chi connectivity index (χ0) is 29.4. The van der Waals surface area contributed by atoms with E-state index in [1.54, 1.807) is 0 Å². The van der Waals surface area contributed by atoms with Crippen LogP contribution in [-0.2, 0) is 30.7 Å². The molecule has 0 spiro atoms. The predicted molar refractivity (Wildman–Crippen MR) is 165 cm³/mol. The molecule has 1 aromatic rings. The third-order valence-electron chi connectivity index (χ3n) is 11.9. The second-order valence-electron chi connectivity index (χ2n) is 14.3. The van der Waals surface area contributed by atoms with Gasteiger partial charge < -0.3 is 9.47 Å². The fraction of sp³-hybridized carbons (Fsp3) is 0.765. The van der Waals surface area contributed by atoms with E-state index < -0.39 is 27.6 Å². The molecule has 1 heterocycles. The van der Waals surface area contributed by atoms with Gasteiger partial charge in [-0.2, -0.15) is 4.31 Å². The number of fused-ring (bicyclic) bond motifs is 2. The Labute approximate surface area is 252 Å². The van der Waals surface area contributed by atoms with Gasteiger partial charge in [-0.3, -0.25) is 0 Å². The van der Waals surface area contributed by atoms with Crippen molar-refractivity contribution in [2.24, 2.45) is 21.7 Å². The molecule has 8 heteroatoms. The number of nitrogens with zero attached hydrogens (tertiary/aromatic N) is 2. The third kappa shape index (κ3) is 5.67. The van der Waals surface area contributed by atoms with Gasteiger partial charge in [0.25, 0.3) is 0 Å². The predicted octanol–water partition coefficient (Wildman–Crippen LogP) is 6.45. The summed E-state index contributed by atoms with van der Waals surface area (Å²) < 4.78 is 43.4. The average molecular weight is 599 g/mol. The Morgan fingerprint density at radius 1 is 0.976 bits per heavy atom. The van der Waals surface area contributed by atoms with Crippen LogP contribution in [0.5, 0.6) is 0 Å². The number of esters is 1. The number of carbonyl (C=O) groups excluding carboxylic acids is 1. The minimum atomic E-state index is -3.57. The van der Waals surface area contributed by atoms with Crippen LogP contribution in [0.15, 0.2) is 35.3 Å². The van der Waals surface area contributed by atoms with Crippen LogP contribution in [0.4, 0.5) is 0 Å². The van der Waals surface area contributed by atoms with Gasteiger partial charge in [-0.1, -0.05) is 82.7 Å². The lowest BCUT2D eigenvalue weighted by molar-refractivity contribution is -0.159. The number of carbonyl (C=O) groups is 1. The Bertz CT molecular complexity index is 1200. The number of hydrogen-bond acceptors (Lipinski definition) is 6. The van der Waals surface area contributed by atoms with Crippen LogP contribution < -0.4 is 0 Å². The molecule has 0 amide bonds. The summed E-state index contributed by atoms with van der Waals surface area (Å²) in [4.78, 5) is 18.0.